The Bertz CT molecular complexity index is 300. The van der Waals surface area contributed by atoms with Crippen molar-refractivity contribution in [2.45, 2.75) is 6.10 Å². The summed E-state index contributed by atoms with van der Waals surface area (Å²) in [6, 6.07) is 5.49. The molecule has 0 aliphatic rings. The van der Waals surface area contributed by atoms with Crippen LogP contribution in [0, 0.1) is 18.2 Å². The molecular formula is C10H9FO2. The molecule has 0 aliphatic heterocycles. The van der Waals surface area contributed by atoms with Crippen LogP contribution in [0.2, 0.25) is 0 Å². The fraction of sp³-hybridized carbons (Fsp3) is 0.200. The average molecular weight is 180 g/mol. The van der Waals surface area contributed by atoms with E-state index in [0.717, 1.165) is 0 Å². The van der Waals surface area contributed by atoms with Crippen LogP contribution in [0.4, 0.5) is 4.39 Å². The number of aliphatic hydroxyl groups excluding tert-OH is 1. The van der Waals surface area contributed by atoms with E-state index in [4.69, 9.17) is 16.3 Å². The number of terminal acetylenes is 1. The molecular weight excluding hydrogens is 171 g/mol. The molecule has 0 radical (unpaired) electrons. The third kappa shape index (κ3) is 3.14. The van der Waals surface area contributed by atoms with E-state index < -0.39 is 6.10 Å². The largest absolute Gasteiger partial charge is 0.490 e. The molecule has 0 spiro atoms. The van der Waals surface area contributed by atoms with Crippen LogP contribution in [0.1, 0.15) is 0 Å². The second kappa shape index (κ2) is 4.48. The molecule has 0 heterocycles. The summed E-state index contributed by atoms with van der Waals surface area (Å²) in [5.74, 6) is 2.26. The van der Waals surface area contributed by atoms with Crippen molar-refractivity contribution in [1.29, 1.82) is 0 Å². The second-order valence-electron chi connectivity index (χ2n) is 2.45. The molecule has 1 atom stereocenters. The summed E-state index contributed by atoms with van der Waals surface area (Å²) >= 11 is 0. The number of hydrogen-bond donors (Lipinski definition) is 1. The van der Waals surface area contributed by atoms with Gasteiger partial charge in [0.1, 0.15) is 24.3 Å². The molecule has 3 heteroatoms. The fourth-order valence-corrected chi connectivity index (χ4v) is 0.754. The van der Waals surface area contributed by atoms with Crippen LogP contribution in [0.3, 0.4) is 0 Å². The molecule has 0 unspecified atom stereocenters. The molecule has 2 nitrogen and oxygen atoms in total. The fourth-order valence-electron chi connectivity index (χ4n) is 0.754. The van der Waals surface area contributed by atoms with Crippen LogP contribution in [0.25, 0.3) is 0 Å². The van der Waals surface area contributed by atoms with Crippen molar-refractivity contribution in [2.24, 2.45) is 0 Å². The van der Waals surface area contributed by atoms with Crippen LogP contribution in [0.15, 0.2) is 24.3 Å². The zero-order valence-electron chi connectivity index (χ0n) is 6.90. The van der Waals surface area contributed by atoms with Crippen LogP contribution in [-0.4, -0.2) is 17.8 Å². The minimum Gasteiger partial charge on any atom is -0.490 e. The molecule has 0 bridgehead atoms. The van der Waals surface area contributed by atoms with Gasteiger partial charge in [-0.25, -0.2) is 4.39 Å². The highest BCUT2D eigenvalue weighted by molar-refractivity contribution is 5.22. The molecule has 0 aromatic heterocycles. The van der Waals surface area contributed by atoms with Crippen LogP contribution in [0.5, 0.6) is 5.75 Å². The van der Waals surface area contributed by atoms with E-state index >= 15 is 0 Å². The number of hydrogen-bond acceptors (Lipinski definition) is 2. The van der Waals surface area contributed by atoms with Gasteiger partial charge in [-0.15, -0.1) is 6.42 Å². The topological polar surface area (TPSA) is 29.5 Å². The van der Waals surface area contributed by atoms with Gasteiger partial charge in [0.25, 0.3) is 0 Å². The smallest absolute Gasteiger partial charge is 0.148 e. The lowest BCUT2D eigenvalue weighted by Gasteiger charge is -2.06. The summed E-state index contributed by atoms with van der Waals surface area (Å²) in [6.07, 6.45) is 3.99. The second-order valence-corrected chi connectivity index (χ2v) is 2.45. The maximum absolute atomic E-state index is 12.4. The first-order chi connectivity index (χ1) is 6.22. The minimum absolute atomic E-state index is 0.0160. The van der Waals surface area contributed by atoms with Gasteiger partial charge in [-0.1, -0.05) is 5.92 Å². The number of halogens is 1. The van der Waals surface area contributed by atoms with E-state index in [1.54, 1.807) is 0 Å². The predicted octanol–water partition coefficient (Wildman–Crippen LogP) is 1.20. The van der Waals surface area contributed by atoms with Crippen LogP contribution >= 0.6 is 0 Å². The Morgan fingerprint density at radius 3 is 2.62 bits per heavy atom. The summed E-state index contributed by atoms with van der Waals surface area (Å²) in [7, 11) is 0. The Morgan fingerprint density at radius 2 is 2.08 bits per heavy atom. The van der Waals surface area contributed by atoms with Crippen molar-refractivity contribution in [3.63, 3.8) is 0 Å². The third-order valence-corrected chi connectivity index (χ3v) is 1.41. The lowest BCUT2D eigenvalue weighted by molar-refractivity contribution is 0.151. The van der Waals surface area contributed by atoms with E-state index in [2.05, 4.69) is 5.92 Å². The maximum atomic E-state index is 12.4. The van der Waals surface area contributed by atoms with Crippen LogP contribution in [-0.2, 0) is 0 Å². The molecule has 1 aromatic carbocycles. The Balaban J connectivity index is 2.47. The van der Waals surface area contributed by atoms with Gasteiger partial charge in [0.05, 0.1) is 0 Å². The summed E-state index contributed by atoms with van der Waals surface area (Å²) in [5.41, 5.74) is 0. The molecule has 1 rings (SSSR count). The zero-order valence-corrected chi connectivity index (χ0v) is 6.90. The maximum Gasteiger partial charge on any atom is 0.148 e. The zero-order chi connectivity index (χ0) is 9.68. The monoisotopic (exact) mass is 180 g/mol. The van der Waals surface area contributed by atoms with Gasteiger partial charge in [-0.3, -0.25) is 0 Å². The highest BCUT2D eigenvalue weighted by atomic mass is 19.1. The van der Waals surface area contributed by atoms with Crippen molar-refractivity contribution in [2.75, 3.05) is 6.61 Å². The standard InChI is InChI=1S/C10H9FO2/c1-2-9(12)7-13-10-5-3-8(11)4-6-10/h1,3-6,9,12H,7H2/t9-/m1/s1. The summed E-state index contributed by atoms with van der Waals surface area (Å²) in [4.78, 5) is 0. The van der Waals surface area contributed by atoms with E-state index in [9.17, 15) is 4.39 Å². The van der Waals surface area contributed by atoms with Gasteiger partial charge in [-0.2, -0.15) is 0 Å². The van der Waals surface area contributed by atoms with Gasteiger partial charge >= 0.3 is 0 Å². The van der Waals surface area contributed by atoms with Gasteiger partial charge in [0.15, 0.2) is 0 Å². The van der Waals surface area contributed by atoms with Gasteiger partial charge in [0.2, 0.25) is 0 Å². The highest BCUT2D eigenvalue weighted by Gasteiger charge is 1.99. The van der Waals surface area contributed by atoms with E-state index in [1.807, 2.05) is 0 Å². The van der Waals surface area contributed by atoms with Gasteiger partial charge < -0.3 is 9.84 Å². The van der Waals surface area contributed by atoms with Gasteiger partial charge in [-0.05, 0) is 24.3 Å². The van der Waals surface area contributed by atoms with Crippen molar-refractivity contribution >= 4 is 0 Å². The average Bonchev–Trinajstić information content (AvgIpc) is 2.16. The number of aliphatic hydroxyl groups is 1. The van der Waals surface area contributed by atoms with Crippen molar-refractivity contribution in [3.8, 4) is 18.1 Å². The number of benzene rings is 1. The molecule has 0 amide bonds. The molecule has 0 saturated carbocycles. The SMILES string of the molecule is C#C[C@@H](O)COc1ccc(F)cc1. The van der Waals surface area contributed by atoms with Crippen molar-refractivity contribution < 1.29 is 14.2 Å². The Hall–Kier alpha value is -1.53. The molecule has 0 saturated heterocycles. The van der Waals surface area contributed by atoms with E-state index in [-0.39, 0.29) is 12.4 Å². The molecule has 0 fully saturated rings. The first-order valence-electron chi connectivity index (χ1n) is 3.75. The normalized spacial score (nSPS) is 11.8. The molecule has 1 aromatic rings. The Kier molecular flexibility index (Phi) is 3.30. The Labute approximate surface area is 76.0 Å². The highest BCUT2D eigenvalue weighted by Crippen LogP contribution is 2.10. The van der Waals surface area contributed by atoms with Gasteiger partial charge in [0, 0.05) is 0 Å². The van der Waals surface area contributed by atoms with Crippen LogP contribution < -0.4 is 4.74 Å². The number of ether oxygens (including phenoxy) is 1. The minimum atomic E-state index is -0.926. The molecule has 0 aliphatic carbocycles. The molecule has 1 N–H and O–H groups in total. The summed E-state index contributed by atoms with van der Waals surface area (Å²) in [6.45, 7) is 0.0160. The summed E-state index contributed by atoms with van der Waals surface area (Å²) in [5, 5.41) is 8.94. The quantitative estimate of drug-likeness (QED) is 0.708. The summed E-state index contributed by atoms with van der Waals surface area (Å²) < 4.78 is 17.5. The predicted molar refractivity (Wildman–Crippen MR) is 46.7 cm³/mol. The Morgan fingerprint density at radius 1 is 1.46 bits per heavy atom. The molecule has 13 heavy (non-hydrogen) atoms. The van der Waals surface area contributed by atoms with E-state index in [0.29, 0.717) is 5.75 Å². The lowest BCUT2D eigenvalue weighted by atomic mass is 10.3. The first kappa shape index (κ1) is 9.56. The van der Waals surface area contributed by atoms with Crippen molar-refractivity contribution in [3.05, 3.63) is 30.1 Å². The van der Waals surface area contributed by atoms with Crippen molar-refractivity contribution in [1.82, 2.24) is 0 Å². The lowest BCUT2D eigenvalue weighted by Crippen LogP contribution is -2.14. The first-order valence-corrected chi connectivity index (χ1v) is 3.75. The molecule has 68 valence electrons. The number of rotatable bonds is 3. The van der Waals surface area contributed by atoms with E-state index in [1.165, 1.54) is 24.3 Å². The third-order valence-electron chi connectivity index (χ3n) is 1.41.